The van der Waals surface area contributed by atoms with E-state index in [-0.39, 0.29) is 0 Å². The predicted octanol–water partition coefficient (Wildman–Crippen LogP) is 3.98. The van der Waals surface area contributed by atoms with E-state index >= 15 is 0 Å². The molecular weight excluding hydrogens is 246 g/mol. The van der Waals surface area contributed by atoms with Crippen LogP contribution in [0.4, 0.5) is 0 Å². The van der Waals surface area contributed by atoms with Crippen molar-refractivity contribution in [2.75, 3.05) is 13.2 Å². The minimum atomic E-state index is 0.349. The highest BCUT2D eigenvalue weighted by Crippen LogP contribution is 2.13. The van der Waals surface area contributed by atoms with Crippen LogP contribution in [0.1, 0.15) is 31.0 Å². The SMILES string of the molecule is CCc1ccc(OCCNC(C)c2ccccc2)cc1. The maximum atomic E-state index is 5.73. The molecule has 0 bridgehead atoms. The van der Waals surface area contributed by atoms with Crippen LogP contribution >= 0.6 is 0 Å². The van der Waals surface area contributed by atoms with Crippen molar-refractivity contribution in [3.63, 3.8) is 0 Å². The maximum absolute atomic E-state index is 5.73. The Morgan fingerprint density at radius 2 is 1.70 bits per heavy atom. The van der Waals surface area contributed by atoms with Gasteiger partial charge >= 0.3 is 0 Å². The first-order valence-electron chi connectivity index (χ1n) is 7.29. The van der Waals surface area contributed by atoms with Crippen molar-refractivity contribution < 1.29 is 4.74 Å². The van der Waals surface area contributed by atoms with Crippen LogP contribution in [-0.2, 0) is 6.42 Å². The number of hydrogen-bond acceptors (Lipinski definition) is 2. The van der Waals surface area contributed by atoms with Gasteiger partial charge in [-0.1, -0.05) is 49.4 Å². The van der Waals surface area contributed by atoms with E-state index in [0.717, 1.165) is 18.7 Å². The average Bonchev–Trinajstić information content (AvgIpc) is 2.53. The zero-order valence-corrected chi connectivity index (χ0v) is 12.3. The fourth-order valence-corrected chi connectivity index (χ4v) is 2.13. The number of aryl methyl sites for hydroxylation is 1. The van der Waals surface area contributed by atoms with Crippen molar-refractivity contribution in [2.24, 2.45) is 0 Å². The molecular formula is C18H23NO. The van der Waals surface area contributed by atoms with Gasteiger partial charge in [0.15, 0.2) is 0 Å². The Balaban J connectivity index is 1.70. The number of rotatable bonds is 7. The number of hydrogen-bond donors (Lipinski definition) is 1. The molecule has 0 aliphatic rings. The molecule has 1 N–H and O–H groups in total. The lowest BCUT2D eigenvalue weighted by Crippen LogP contribution is -2.24. The van der Waals surface area contributed by atoms with Crippen LogP contribution in [0.2, 0.25) is 0 Å². The fraction of sp³-hybridized carbons (Fsp3) is 0.333. The van der Waals surface area contributed by atoms with Crippen molar-refractivity contribution in [1.82, 2.24) is 5.32 Å². The molecule has 1 atom stereocenters. The van der Waals surface area contributed by atoms with Gasteiger partial charge < -0.3 is 10.1 Å². The van der Waals surface area contributed by atoms with Crippen molar-refractivity contribution in [1.29, 1.82) is 0 Å². The molecule has 0 radical (unpaired) electrons. The second-order valence-electron chi connectivity index (χ2n) is 4.93. The van der Waals surface area contributed by atoms with Gasteiger partial charge in [0.1, 0.15) is 12.4 Å². The average molecular weight is 269 g/mol. The minimum absolute atomic E-state index is 0.349. The quantitative estimate of drug-likeness (QED) is 0.768. The third kappa shape index (κ3) is 4.39. The molecule has 0 aromatic heterocycles. The highest BCUT2D eigenvalue weighted by Gasteiger charge is 2.03. The molecule has 0 aliphatic heterocycles. The van der Waals surface area contributed by atoms with E-state index in [9.17, 15) is 0 Å². The molecule has 2 heteroatoms. The van der Waals surface area contributed by atoms with E-state index in [1.165, 1.54) is 11.1 Å². The van der Waals surface area contributed by atoms with Gasteiger partial charge in [0.2, 0.25) is 0 Å². The number of ether oxygens (including phenoxy) is 1. The molecule has 0 saturated heterocycles. The first kappa shape index (κ1) is 14.6. The van der Waals surface area contributed by atoms with Crippen molar-refractivity contribution in [3.05, 3.63) is 65.7 Å². The summed E-state index contributed by atoms with van der Waals surface area (Å²) in [6, 6.07) is 19.1. The van der Waals surface area contributed by atoms with Gasteiger partial charge in [-0.3, -0.25) is 0 Å². The summed E-state index contributed by atoms with van der Waals surface area (Å²) in [6.07, 6.45) is 1.07. The van der Waals surface area contributed by atoms with Crippen LogP contribution in [0, 0.1) is 0 Å². The highest BCUT2D eigenvalue weighted by molar-refractivity contribution is 5.27. The summed E-state index contributed by atoms with van der Waals surface area (Å²) in [6.45, 7) is 5.85. The monoisotopic (exact) mass is 269 g/mol. The summed E-state index contributed by atoms with van der Waals surface area (Å²) >= 11 is 0. The summed E-state index contributed by atoms with van der Waals surface area (Å²) < 4.78 is 5.73. The van der Waals surface area contributed by atoms with E-state index in [4.69, 9.17) is 4.74 Å². The molecule has 0 amide bonds. The van der Waals surface area contributed by atoms with Gasteiger partial charge in [-0.05, 0) is 36.6 Å². The molecule has 106 valence electrons. The summed E-state index contributed by atoms with van der Waals surface area (Å²) in [7, 11) is 0. The number of benzene rings is 2. The van der Waals surface area contributed by atoms with Gasteiger partial charge in [0.05, 0.1) is 0 Å². The highest BCUT2D eigenvalue weighted by atomic mass is 16.5. The molecule has 0 saturated carbocycles. The summed E-state index contributed by atoms with van der Waals surface area (Å²) in [5.41, 5.74) is 2.65. The Morgan fingerprint density at radius 3 is 2.35 bits per heavy atom. The summed E-state index contributed by atoms with van der Waals surface area (Å²) in [4.78, 5) is 0. The molecule has 0 heterocycles. The van der Waals surface area contributed by atoms with Gasteiger partial charge in [-0.2, -0.15) is 0 Å². The smallest absolute Gasteiger partial charge is 0.119 e. The Bertz CT molecular complexity index is 493. The Labute approximate surface area is 121 Å². The first-order valence-corrected chi connectivity index (χ1v) is 7.29. The largest absolute Gasteiger partial charge is 0.492 e. The molecule has 20 heavy (non-hydrogen) atoms. The van der Waals surface area contributed by atoms with E-state index in [1.54, 1.807) is 0 Å². The van der Waals surface area contributed by atoms with E-state index in [0.29, 0.717) is 12.6 Å². The molecule has 2 rings (SSSR count). The predicted molar refractivity (Wildman–Crippen MR) is 84.2 cm³/mol. The fourth-order valence-electron chi connectivity index (χ4n) is 2.13. The van der Waals surface area contributed by atoms with Crippen LogP contribution < -0.4 is 10.1 Å². The topological polar surface area (TPSA) is 21.3 Å². The van der Waals surface area contributed by atoms with Crippen LogP contribution in [0.15, 0.2) is 54.6 Å². The normalized spacial score (nSPS) is 12.1. The third-order valence-corrected chi connectivity index (χ3v) is 3.45. The van der Waals surface area contributed by atoms with Gasteiger partial charge in [-0.15, -0.1) is 0 Å². The van der Waals surface area contributed by atoms with Crippen LogP contribution in [-0.4, -0.2) is 13.2 Å². The lowest BCUT2D eigenvalue weighted by Gasteiger charge is -2.14. The van der Waals surface area contributed by atoms with Crippen LogP contribution in [0.3, 0.4) is 0 Å². The molecule has 0 aliphatic carbocycles. The maximum Gasteiger partial charge on any atom is 0.119 e. The van der Waals surface area contributed by atoms with Crippen molar-refractivity contribution in [3.8, 4) is 5.75 Å². The molecule has 0 fully saturated rings. The zero-order chi connectivity index (χ0) is 14.2. The van der Waals surface area contributed by atoms with E-state index in [1.807, 2.05) is 18.2 Å². The molecule has 2 nitrogen and oxygen atoms in total. The standard InChI is InChI=1S/C18H23NO/c1-3-16-9-11-18(12-10-16)20-14-13-19-15(2)17-7-5-4-6-8-17/h4-12,15,19H,3,13-14H2,1-2H3. The zero-order valence-electron chi connectivity index (χ0n) is 12.3. The lowest BCUT2D eigenvalue weighted by atomic mass is 10.1. The van der Waals surface area contributed by atoms with Crippen LogP contribution in [0.25, 0.3) is 0 Å². The first-order chi connectivity index (χ1) is 9.79. The second kappa shape index (κ2) is 7.71. The second-order valence-corrected chi connectivity index (χ2v) is 4.93. The minimum Gasteiger partial charge on any atom is -0.492 e. The van der Waals surface area contributed by atoms with E-state index < -0.39 is 0 Å². The Morgan fingerprint density at radius 1 is 1.00 bits per heavy atom. The van der Waals surface area contributed by atoms with Crippen molar-refractivity contribution in [2.45, 2.75) is 26.3 Å². The van der Waals surface area contributed by atoms with E-state index in [2.05, 4.69) is 55.6 Å². The van der Waals surface area contributed by atoms with Crippen molar-refractivity contribution >= 4 is 0 Å². The third-order valence-electron chi connectivity index (χ3n) is 3.45. The summed E-state index contributed by atoms with van der Waals surface area (Å²) in [5.74, 6) is 0.941. The Kier molecular flexibility index (Phi) is 5.63. The van der Waals surface area contributed by atoms with Gasteiger partial charge in [0.25, 0.3) is 0 Å². The Hall–Kier alpha value is -1.80. The molecule has 2 aromatic rings. The lowest BCUT2D eigenvalue weighted by molar-refractivity contribution is 0.307. The number of nitrogens with one attached hydrogen (secondary N) is 1. The molecule has 0 spiro atoms. The van der Waals surface area contributed by atoms with Gasteiger partial charge in [-0.25, -0.2) is 0 Å². The van der Waals surface area contributed by atoms with Gasteiger partial charge in [0, 0.05) is 12.6 Å². The van der Waals surface area contributed by atoms with Crippen LogP contribution in [0.5, 0.6) is 5.75 Å². The molecule has 1 unspecified atom stereocenters. The molecule has 2 aromatic carbocycles. The summed E-state index contributed by atoms with van der Waals surface area (Å²) in [5, 5.41) is 3.47.